The Labute approximate surface area is 151 Å². The molecule has 0 aliphatic carbocycles. The first-order chi connectivity index (χ1) is 12.4. The Morgan fingerprint density at radius 2 is 2.00 bits per heavy atom. The predicted octanol–water partition coefficient (Wildman–Crippen LogP) is 1.93. The van der Waals surface area contributed by atoms with Crippen molar-refractivity contribution in [1.82, 2.24) is 25.0 Å². The van der Waals surface area contributed by atoms with Crippen molar-refractivity contribution >= 4 is 11.9 Å². The lowest BCUT2D eigenvalue weighted by Gasteiger charge is -2.16. The van der Waals surface area contributed by atoms with Gasteiger partial charge in [0.25, 0.3) is 0 Å². The zero-order valence-electron chi connectivity index (χ0n) is 14.9. The third-order valence-electron chi connectivity index (χ3n) is 4.10. The molecule has 0 aliphatic rings. The molecule has 8 nitrogen and oxygen atoms in total. The number of aromatic nitrogens is 4. The third kappa shape index (κ3) is 3.85. The fraction of sp³-hybridized carbons (Fsp3) is 0.278. The van der Waals surface area contributed by atoms with E-state index in [-0.39, 0.29) is 18.3 Å². The predicted molar refractivity (Wildman–Crippen MR) is 95.8 cm³/mol. The normalized spacial score (nSPS) is 10.7. The summed E-state index contributed by atoms with van der Waals surface area (Å²) in [5.74, 6) is 0.750. The Kier molecular flexibility index (Phi) is 4.92. The number of carbonyl (C=O) groups is 1. The van der Waals surface area contributed by atoms with Crippen LogP contribution in [0.4, 0.5) is 5.95 Å². The van der Waals surface area contributed by atoms with Crippen molar-refractivity contribution in [3.63, 3.8) is 0 Å². The van der Waals surface area contributed by atoms with Gasteiger partial charge in [0.05, 0.1) is 13.0 Å². The fourth-order valence-corrected chi connectivity index (χ4v) is 2.67. The topological polar surface area (TPSA) is 111 Å². The molecule has 0 radical (unpaired) electrons. The minimum atomic E-state index is -0.0658. The number of likely N-dealkylation sites (N-methyl/N-ethyl adjacent to an activating group) is 1. The largest absolute Gasteiger partial charge is 0.368 e. The number of nitrogen functional groups attached to an aromatic ring is 1. The van der Waals surface area contributed by atoms with Crippen LogP contribution in [0.1, 0.15) is 22.7 Å². The maximum absolute atomic E-state index is 12.6. The quantitative estimate of drug-likeness (QED) is 0.746. The van der Waals surface area contributed by atoms with E-state index in [1.54, 1.807) is 24.3 Å². The van der Waals surface area contributed by atoms with E-state index < -0.39 is 0 Å². The molecule has 8 heteroatoms. The molecule has 1 amide bonds. The van der Waals surface area contributed by atoms with E-state index in [0.717, 1.165) is 22.5 Å². The van der Waals surface area contributed by atoms with Gasteiger partial charge in [-0.3, -0.25) is 9.78 Å². The van der Waals surface area contributed by atoms with Crippen molar-refractivity contribution in [2.24, 2.45) is 0 Å². The van der Waals surface area contributed by atoms with Crippen molar-refractivity contribution in [1.29, 1.82) is 0 Å². The van der Waals surface area contributed by atoms with Gasteiger partial charge in [-0.25, -0.2) is 9.97 Å². The summed E-state index contributed by atoms with van der Waals surface area (Å²) in [5.41, 5.74) is 9.41. The number of anilines is 1. The van der Waals surface area contributed by atoms with Crippen LogP contribution in [0.3, 0.4) is 0 Å². The fourth-order valence-electron chi connectivity index (χ4n) is 2.67. The molecule has 3 heterocycles. The van der Waals surface area contributed by atoms with Gasteiger partial charge in [0.1, 0.15) is 5.69 Å². The van der Waals surface area contributed by atoms with E-state index in [2.05, 4.69) is 20.1 Å². The van der Waals surface area contributed by atoms with Crippen LogP contribution >= 0.6 is 0 Å². The highest BCUT2D eigenvalue weighted by molar-refractivity contribution is 5.79. The third-order valence-corrected chi connectivity index (χ3v) is 4.10. The Morgan fingerprint density at radius 3 is 2.65 bits per heavy atom. The molecule has 0 aliphatic heterocycles. The molecule has 0 spiro atoms. The summed E-state index contributed by atoms with van der Waals surface area (Å²) >= 11 is 0. The van der Waals surface area contributed by atoms with Gasteiger partial charge < -0.3 is 15.2 Å². The van der Waals surface area contributed by atoms with Crippen molar-refractivity contribution in [2.75, 3.05) is 12.8 Å². The van der Waals surface area contributed by atoms with Crippen LogP contribution in [0, 0.1) is 13.8 Å². The highest BCUT2D eigenvalue weighted by Gasteiger charge is 2.17. The Hall–Kier alpha value is -3.29. The molecular weight excluding hydrogens is 332 g/mol. The first-order valence-electron chi connectivity index (χ1n) is 8.13. The number of amides is 1. The molecule has 3 rings (SSSR count). The van der Waals surface area contributed by atoms with Crippen LogP contribution in [0.25, 0.3) is 11.3 Å². The first-order valence-corrected chi connectivity index (χ1v) is 8.13. The molecular formula is C18H20N6O2. The van der Waals surface area contributed by atoms with Crippen LogP contribution in [-0.2, 0) is 17.8 Å². The van der Waals surface area contributed by atoms with Gasteiger partial charge in [0, 0.05) is 48.0 Å². The first kappa shape index (κ1) is 17.5. The number of rotatable bonds is 5. The van der Waals surface area contributed by atoms with Gasteiger partial charge in [-0.1, -0.05) is 5.16 Å². The van der Waals surface area contributed by atoms with E-state index in [1.807, 2.05) is 32.0 Å². The van der Waals surface area contributed by atoms with Crippen molar-refractivity contribution in [3.05, 3.63) is 53.3 Å². The minimum absolute atomic E-state index is 0.0658. The molecule has 0 saturated heterocycles. The molecule has 134 valence electrons. The van der Waals surface area contributed by atoms with Crippen LogP contribution in [0.5, 0.6) is 0 Å². The van der Waals surface area contributed by atoms with E-state index >= 15 is 0 Å². The molecule has 0 aromatic carbocycles. The molecule has 0 bridgehead atoms. The van der Waals surface area contributed by atoms with Crippen LogP contribution in [-0.4, -0.2) is 38.0 Å². The second-order valence-electron chi connectivity index (χ2n) is 6.08. The summed E-state index contributed by atoms with van der Waals surface area (Å²) in [7, 11) is 1.72. The summed E-state index contributed by atoms with van der Waals surface area (Å²) < 4.78 is 5.34. The average molecular weight is 352 g/mol. The maximum atomic E-state index is 12.6. The number of carbonyl (C=O) groups excluding carboxylic acids is 1. The van der Waals surface area contributed by atoms with Gasteiger partial charge in [-0.05, 0) is 26.0 Å². The van der Waals surface area contributed by atoms with Gasteiger partial charge in [0.15, 0.2) is 5.76 Å². The Bertz CT molecular complexity index is 899. The number of hydrogen-bond donors (Lipinski definition) is 1. The highest BCUT2D eigenvalue weighted by Crippen LogP contribution is 2.19. The van der Waals surface area contributed by atoms with E-state index in [0.29, 0.717) is 18.0 Å². The number of aryl methyl sites for hydroxylation is 2. The van der Waals surface area contributed by atoms with Gasteiger partial charge >= 0.3 is 0 Å². The number of hydrogen-bond acceptors (Lipinski definition) is 7. The summed E-state index contributed by atoms with van der Waals surface area (Å²) in [6, 6.07) is 5.54. The second kappa shape index (κ2) is 7.30. The second-order valence-corrected chi connectivity index (χ2v) is 6.08. The summed E-state index contributed by atoms with van der Waals surface area (Å²) in [4.78, 5) is 26.5. The monoisotopic (exact) mass is 352 g/mol. The molecule has 2 N–H and O–H groups in total. The maximum Gasteiger partial charge on any atom is 0.227 e. The molecule has 0 unspecified atom stereocenters. The van der Waals surface area contributed by atoms with E-state index in [9.17, 15) is 4.79 Å². The van der Waals surface area contributed by atoms with Crippen LogP contribution < -0.4 is 5.73 Å². The van der Waals surface area contributed by atoms with E-state index in [4.69, 9.17) is 10.3 Å². The lowest BCUT2D eigenvalue weighted by atomic mass is 10.1. The number of nitrogens with zero attached hydrogens (tertiary/aromatic N) is 5. The lowest BCUT2D eigenvalue weighted by molar-refractivity contribution is -0.130. The summed E-state index contributed by atoms with van der Waals surface area (Å²) in [5, 5.41) is 4.03. The van der Waals surface area contributed by atoms with Crippen molar-refractivity contribution in [2.45, 2.75) is 26.8 Å². The molecule has 0 atom stereocenters. The van der Waals surface area contributed by atoms with Gasteiger partial charge in [-0.15, -0.1) is 0 Å². The highest BCUT2D eigenvalue weighted by atomic mass is 16.5. The van der Waals surface area contributed by atoms with Crippen LogP contribution in [0.2, 0.25) is 0 Å². The molecule has 0 fully saturated rings. The Morgan fingerprint density at radius 1 is 1.27 bits per heavy atom. The van der Waals surface area contributed by atoms with E-state index in [1.165, 1.54) is 0 Å². The summed E-state index contributed by atoms with van der Waals surface area (Å²) in [6.07, 6.45) is 3.61. The summed E-state index contributed by atoms with van der Waals surface area (Å²) in [6.45, 7) is 3.97. The average Bonchev–Trinajstić information content (AvgIpc) is 3.07. The molecule has 0 saturated carbocycles. The van der Waals surface area contributed by atoms with Crippen molar-refractivity contribution in [3.8, 4) is 11.3 Å². The zero-order valence-corrected chi connectivity index (χ0v) is 14.9. The lowest BCUT2D eigenvalue weighted by Crippen LogP contribution is -2.28. The van der Waals surface area contributed by atoms with Crippen molar-refractivity contribution < 1.29 is 9.32 Å². The standard InChI is InChI=1S/C18H20N6O2/c1-11-15(12(2)22-18(19)21-11)8-17(25)24(3)10-14-7-16(23-26-14)13-5-4-6-20-9-13/h4-7,9H,8,10H2,1-3H3,(H2,19,21,22). The van der Waals surface area contributed by atoms with Gasteiger partial charge in [-0.2, -0.15) is 0 Å². The minimum Gasteiger partial charge on any atom is -0.368 e. The SMILES string of the molecule is Cc1nc(N)nc(C)c1CC(=O)N(C)Cc1cc(-c2cccnc2)no1. The number of nitrogens with two attached hydrogens (primary N) is 1. The zero-order chi connectivity index (χ0) is 18.7. The van der Waals surface area contributed by atoms with Crippen LogP contribution in [0.15, 0.2) is 35.1 Å². The molecule has 26 heavy (non-hydrogen) atoms. The smallest absolute Gasteiger partial charge is 0.227 e. The number of pyridine rings is 1. The molecule has 3 aromatic heterocycles. The Balaban J connectivity index is 1.68. The van der Waals surface area contributed by atoms with Gasteiger partial charge in [0.2, 0.25) is 11.9 Å². The molecule has 3 aromatic rings.